The first kappa shape index (κ1) is 22.9. The zero-order valence-corrected chi connectivity index (χ0v) is 18.2. The molecule has 9 nitrogen and oxygen atoms in total. The van der Waals surface area contributed by atoms with E-state index in [2.05, 4.69) is 10.3 Å². The predicted octanol–water partition coefficient (Wildman–Crippen LogP) is 2.92. The van der Waals surface area contributed by atoms with Crippen LogP contribution in [0.3, 0.4) is 0 Å². The molecule has 1 aromatic heterocycles. The van der Waals surface area contributed by atoms with Crippen LogP contribution in [0.2, 0.25) is 0 Å². The SMILES string of the molecule is CN(C)S(=O)(=O)c1cccc(NC(=O)COC(=O)c2ccccc2Oc2cccnc2)c1. The van der Waals surface area contributed by atoms with Gasteiger partial charge in [0.15, 0.2) is 6.61 Å². The van der Waals surface area contributed by atoms with E-state index >= 15 is 0 Å². The van der Waals surface area contributed by atoms with Crippen LogP contribution >= 0.6 is 0 Å². The minimum atomic E-state index is -3.65. The number of hydrogen-bond acceptors (Lipinski definition) is 7. The molecule has 1 heterocycles. The predicted molar refractivity (Wildman–Crippen MR) is 117 cm³/mol. The van der Waals surface area contributed by atoms with Gasteiger partial charge in [-0.2, -0.15) is 0 Å². The fourth-order valence-electron chi connectivity index (χ4n) is 2.61. The number of rotatable bonds is 8. The number of para-hydroxylation sites is 1. The Labute approximate surface area is 185 Å². The topological polar surface area (TPSA) is 115 Å². The number of carbonyl (C=O) groups is 2. The summed E-state index contributed by atoms with van der Waals surface area (Å²) in [5.41, 5.74) is 0.400. The summed E-state index contributed by atoms with van der Waals surface area (Å²) in [7, 11) is -0.824. The fraction of sp³-hybridized carbons (Fsp3) is 0.136. The second kappa shape index (κ2) is 10.0. The Morgan fingerprint density at radius 3 is 2.53 bits per heavy atom. The number of ether oxygens (including phenoxy) is 2. The Bertz CT molecular complexity index is 1210. The molecule has 2 aromatic carbocycles. The third-order valence-electron chi connectivity index (χ3n) is 4.20. The summed E-state index contributed by atoms with van der Waals surface area (Å²) in [6, 6.07) is 15.6. The summed E-state index contributed by atoms with van der Waals surface area (Å²) in [4.78, 5) is 28.7. The summed E-state index contributed by atoms with van der Waals surface area (Å²) in [5.74, 6) is -0.669. The van der Waals surface area contributed by atoms with Crippen molar-refractivity contribution in [3.8, 4) is 11.5 Å². The van der Waals surface area contributed by atoms with Gasteiger partial charge in [-0.3, -0.25) is 9.78 Å². The molecular formula is C22H21N3O6S. The maximum Gasteiger partial charge on any atom is 0.342 e. The first-order valence-electron chi connectivity index (χ1n) is 9.44. The highest BCUT2D eigenvalue weighted by Gasteiger charge is 2.19. The van der Waals surface area contributed by atoms with Gasteiger partial charge < -0.3 is 14.8 Å². The highest BCUT2D eigenvalue weighted by Crippen LogP contribution is 2.25. The smallest absolute Gasteiger partial charge is 0.342 e. The minimum Gasteiger partial charge on any atom is -0.455 e. The summed E-state index contributed by atoms with van der Waals surface area (Å²) in [6.45, 7) is -0.565. The number of hydrogen-bond donors (Lipinski definition) is 1. The fourth-order valence-corrected chi connectivity index (χ4v) is 3.56. The summed E-state index contributed by atoms with van der Waals surface area (Å²) in [5, 5.41) is 2.52. The maximum absolute atomic E-state index is 12.5. The van der Waals surface area contributed by atoms with Crippen LogP contribution in [0, 0.1) is 0 Å². The number of esters is 1. The average molecular weight is 455 g/mol. The van der Waals surface area contributed by atoms with Gasteiger partial charge in [-0.1, -0.05) is 18.2 Å². The lowest BCUT2D eigenvalue weighted by Gasteiger charge is -2.13. The number of pyridine rings is 1. The number of aromatic nitrogens is 1. The van der Waals surface area contributed by atoms with Crippen LogP contribution in [0.1, 0.15) is 10.4 Å². The molecule has 10 heteroatoms. The van der Waals surface area contributed by atoms with Gasteiger partial charge in [-0.25, -0.2) is 17.5 Å². The van der Waals surface area contributed by atoms with Crippen LogP contribution in [0.15, 0.2) is 78.0 Å². The molecule has 0 aliphatic carbocycles. The molecule has 0 bridgehead atoms. The molecule has 0 fully saturated rings. The number of benzene rings is 2. The van der Waals surface area contributed by atoms with E-state index in [1.54, 1.807) is 36.5 Å². The lowest BCUT2D eigenvalue weighted by molar-refractivity contribution is -0.119. The molecule has 0 saturated heterocycles. The van der Waals surface area contributed by atoms with E-state index in [0.717, 1.165) is 4.31 Å². The quantitative estimate of drug-likeness (QED) is 0.519. The van der Waals surface area contributed by atoms with Crippen LogP contribution < -0.4 is 10.1 Å². The maximum atomic E-state index is 12.5. The molecule has 3 rings (SSSR count). The standard InChI is InChI=1S/C22H21N3O6S/c1-25(2)32(28,29)18-9-5-7-16(13-18)24-21(26)15-30-22(27)19-10-3-4-11-20(19)31-17-8-6-12-23-14-17/h3-14H,15H2,1-2H3,(H,24,26). The van der Waals surface area contributed by atoms with E-state index in [4.69, 9.17) is 9.47 Å². The number of nitrogens with one attached hydrogen (secondary N) is 1. The zero-order valence-electron chi connectivity index (χ0n) is 17.4. The second-order valence-corrected chi connectivity index (χ2v) is 8.88. The Hall–Kier alpha value is -3.76. The van der Waals surface area contributed by atoms with E-state index in [1.165, 1.54) is 50.6 Å². The van der Waals surface area contributed by atoms with Crippen LogP contribution in [0.4, 0.5) is 5.69 Å². The van der Waals surface area contributed by atoms with Gasteiger partial charge in [0.25, 0.3) is 5.91 Å². The number of carbonyl (C=O) groups excluding carboxylic acids is 2. The molecule has 1 amide bonds. The van der Waals surface area contributed by atoms with Crippen molar-refractivity contribution in [3.63, 3.8) is 0 Å². The van der Waals surface area contributed by atoms with Crippen molar-refractivity contribution in [3.05, 3.63) is 78.6 Å². The van der Waals surface area contributed by atoms with E-state index in [-0.39, 0.29) is 21.9 Å². The first-order chi connectivity index (χ1) is 15.3. The van der Waals surface area contributed by atoms with Crippen LogP contribution in [-0.2, 0) is 19.6 Å². The highest BCUT2D eigenvalue weighted by atomic mass is 32.2. The highest BCUT2D eigenvalue weighted by molar-refractivity contribution is 7.89. The minimum absolute atomic E-state index is 0.0266. The molecule has 0 aliphatic rings. The van der Waals surface area contributed by atoms with E-state index in [0.29, 0.717) is 5.75 Å². The third-order valence-corrected chi connectivity index (χ3v) is 6.01. The van der Waals surface area contributed by atoms with Gasteiger partial charge in [0, 0.05) is 26.0 Å². The molecule has 32 heavy (non-hydrogen) atoms. The molecule has 0 aliphatic heterocycles. The lowest BCUT2D eigenvalue weighted by Crippen LogP contribution is -2.23. The molecule has 1 N–H and O–H groups in total. The van der Waals surface area contributed by atoms with Crippen molar-refractivity contribution in [2.24, 2.45) is 0 Å². The summed E-state index contributed by atoms with van der Waals surface area (Å²) >= 11 is 0. The third kappa shape index (κ3) is 5.68. The number of anilines is 1. The molecule has 3 aromatic rings. The zero-order chi connectivity index (χ0) is 23.1. The van der Waals surface area contributed by atoms with Crippen molar-refractivity contribution in [2.75, 3.05) is 26.0 Å². The molecule has 0 atom stereocenters. The molecule has 166 valence electrons. The molecular weight excluding hydrogens is 434 g/mol. The van der Waals surface area contributed by atoms with Crippen molar-refractivity contribution >= 4 is 27.6 Å². The van der Waals surface area contributed by atoms with Gasteiger partial charge >= 0.3 is 5.97 Å². The van der Waals surface area contributed by atoms with Crippen molar-refractivity contribution in [1.82, 2.24) is 9.29 Å². The molecule has 0 spiro atoms. The Morgan fingerprint density at radius 1 is 1.03 bits per heavy atom. The first-order valence-corrected chi connectivity index (χ1v) is 10.9. The Kier molecular flexibility index (Phi) is 7.18. The van der Waals surface area contributed by atoms with E-state index in [9.17, 15) is 18.0 Å². The van der Waals surface area contributed by atoms with E-state index < -0.39 is 28.5 Å². The van der Waals surface area contributed by atoms with E-state index in [1.807, 2.05) is 0 Å². The van der Waals surface area contributed by atoms with Crippen LogP contribution in [0.5, 0.6) is 11.5 Å². The molecule has 0 radical (unpaired) electrons. The normalized spacial score (nSPS) is 11.1. The Morgan fingerprint density at radius 2 is 1.81 bits per heavy atom. The number of sulfonamides is 1. The molecule has 0 saturated carbocycles. The summed E-state index contributed by atoms with van der Waals surface area (Å²) < 4.78 is 36.3. The van der Waals surface area contributed by atoms with Gasteiger partial charge in [0.2, 0.25) is 10.0 Å². The van der Waals surface area contributed by atoms with Crippen LogP contribution in [-0.4, -0.2) is 50.3 Å². The monoisotopic (exact) mass is 455 g/mol. The van der Waals surface area contributed by atoms with Crippen molar-refractivity contribution in [1.29, 1.82) is 0 Å². The Balaban J connectivity index is 1.63. The van der Waals surface area contributed by atoms with Crippen LogP contribution in [0.25, 0.3) is 0 Å². The number of nitrogens with zero attached hydrogens (tertiary/aromatic N) is 2. The molecule has 0 unspecified atom stereocenters. The lowest BCUT2D eigenvalue weighted by atomic mass is 10.2. The number of amides is 1. The van der Waals surface area contributed by atoms with Gasteiger partial charge in [0.1, 0.15) is 17.1 Å². The second-order valence-electron chi connectivity index (χ2n) is 6.73. The largest absolute Gasteiger partial charge is 0.455 e. The van der Waals surface area contributed by atoms with Gasteiger partial charge in [-0.05, 0) is 42.5 Å². The average Bonchev–Trinajstić information content (AvgIpc) is 2.78. The van der Waals surface area contributed by atoms with Gasteiger partial charge in [0.05, 0.1) is 11.1 Å². The summed E-state index contributed by atoms with van der Waals surface area (Å²) in [6.07, 6.45) is 3.09. The van der Waals surface area contributed by atoms with Crippen molar-refractivity contribution < 1.29 is 27.5 Å². The van der Waals surface area contributed by atoms with Crippen molar-refractivity contribution in [2.45, 2.75) is 4.90 Å². The van der Waals surface area contributed by atoms with Gasteiger partial charge in [-0.15, -0.1) is 0 Å².